The van der Waals surface area contributed by atoms with Crippen LogP contribution in [0.5, 0.6) is 0 Å². The van der Waals surface area contributed by atoms with Crippen LogP contribution >= 0.6 is 11.3 Å². The van der Waals surface area contributed by atoms with E-state index >= 15 is 0 Å². The second-order valence-electron chi connectivity index (χ2n) is 5.21. The topological polar surface area (TPSA) is 49.6 Å². The van der Waals surface area contributed by atoms with Gasteiger partial charge >= 0.3 is 0 Å². The van der Waals surface area contributed by atoms with Crippen LogP contribution < -0.4 is 5.73 Å². The zero-order valence-corrected chi connectivity index (χ0v) is 11.2. The SMILES string of the molecule is NC1CN(CC(=O)N2CCCC2c2cccs2)C1. The molecule has 0 spiro atoms. The Kier molecular flexibility index (Phi) is 3.37. The first-order valence-corrected chi connectivity index (χ1v) is 7.43. The first-order chi connectivity index (χ1) is 8.74. The molecule has 3 rings (SSSR count). The number of likely N-dealkylation sites (tertiary alicyclic amines) is 2. The van der Waals surface area contributed by atoms with Gasteiger partial charge in [0.05, 0.1) is 12.6 Å². The maximum absolute atomic E-state index is 12.3. The highest BCUT2D eigenvalue weighted by Gasteiger charge is 2.33. The Balaban J connectivity index is 1.62. The summed E-state index contributed by atoms with van der Waals surface area (Å²) in [5.74, 6) is 0.262. The minimum atomic E-state index is 0.262. The summed E-state index contributed by atoms with van der Waals surface area (Å²) in [4.78, 5) is 17.8. The summed E-state index contributed by atoms with van der Waals surface area (Å²) in [6, 6.07) is 4.78. The molecule has 5 heteroatoms. The van der Waals surface area contributed by atoms with E-state index in [0.29, 0.717) is 12.6 Å². The van der Waals surface area contributed by atoms with Gasteiger partial charge in [-0.05, 0) is 24.3 Å². The van der Waals surface area contributed by atoms with Crippen molar-refractivity contribution in [3.63, 3.8) is 0 Å². The molecule has 1 amide bonds. The maximum atomic E-state index is 12.3. The fourth-order valence-electron chi connectivity index (χ4n) is 2.86. The molecule has 98 valence electrons. The number of hydrogen-bond acceptors (Lipinski definition) is 4. The first kappa shape index (κ1) is 12.1. The van der Waals surface area contributed by atoms with Crippen molar-refractivity contribution in [3.05, 3.63) is 22.4 Å². The summed E-state index contributed by atoms with van der Waals surface area (Å²) in [5, 5.41) is 2.09. The standard InChI is InChI=1S/C13H19N3OS/c14-10-7-15(8-10)9-13(17)16-5-1-3-11(16)12-4-2-6-18-12/h2,4,6,10-11H,1,3,5,7-9,14H2. The first-order valence-electron chi connectivity index (χ1n) is 6.55. The van der Waals surface area contributed by atoms with Crippen molar-refractivity contribution in [2.75, 3.05) is 26.2 Å². The molecule has 2 aliphatic rings. The highest BCUT2D eigenvalue weighted by atomic mass is 32.1. The lowest BCUT2D eigenvalue weighted by atomic mass is 10.1. The molecule has 2 fully saturated rings. The van der Waals surface area contributed by atoms with E-state index in [1.54, 1.807) is 11.3 Å². The molecule has 3 heterocycles. The lowest BCUT2D eigenvalue weighted by Crippen LogP contribution is -2.58. The lowest BCUT2D eigenvalue weighted by Gasteiger charge is -2.37. The zero-order chi connectivity index (χ0) is 12.5. The van der Waals surface area contributed by atoms with Crippen LogP contribution in [0.4, 0.5) is 0 Å². The molecular weight excluding hydrogens is 246 g/mol. The largest absolute Gasteiger partial charge is 0.334 e. The zero-order valence-electron chi connectivity index (χ0n) is 10.4. The van der Waals surface area contributed by atoms with E-state index in [4.69, 9.17) is 5.73 Å². The Hall–Kier alpha value is -0.910. The summed E-state index contributed by atoms with van der Waals surface area (Å²) in [5.41, 5.74) is 5.74. The molecule has 18 heavy (non-hydrogen) atoms. The van der Waals surface area contributed by atoms with Gasteiger partial charge in [-0.15, -0.1) is 11.3 Å². The summed E-state index contributed by atoms with van der Waals surface area (Å²) in [7, 11) is 0. The predicted octanol–water partition coefficient (Wildman–Crippen LogP) is 1.05. The number of nitrogens with zero attached hydrogens (tertiary/aromatic N) is 2. The second kappa shape index (κ2) is 4.99. The summed E-state index contributed by atoms with van der Waals surface area (Å²) in [6.45, 7) is 3.17. The van der Waals surface area contributed by atoms with Gasteiger partial charge in [0.2, 0.25) is 5.91 Å². The maximum Gasteiger partial charge on any atom is 0.237 e. The average Bonchev–Trinajstić information content (AvgIpc) is 2.97. The third-order valence-electron chi connectivity index (χ3n) is 3.79. The Morgan fingerprint density at radius 3 is 3.00 bits per heavy atom. The van der Waals surface area contributed by atoms with E-state index in [0.717, 1.165) is 32.5 Å². The van der Waals surface area contributed by atoms with Crippen LogP contribution in [0.15, 0.2) is 17.5 Å². The van der Waals surface area contributed by atoms with E-state index in [-0.39, 0.29) is 11.9 Å². The third kappa shape index (κ3) is 2.30. The van der Waals surface area contributed by atoms with Crippen LogP contribution in [0, 0.1) is 0 Å². The van der Waals surface area contributed by atoms with Crippen LogP contribution in [0.2, 0.25) is 0 Å². The molecule has 0 saturated carbocycles. The minimum absolute atomic E-state index is 0.262. The number of carbonyl (C=O) groups is 1. The summed E-state index contributed by atoms with van der Waals surface area (Å²) in [6.07, 6.45) is 2.22. The number of rotatable bonds is 3. The van der Waals surface area contributed by atoms with Crippen molar-refractivity contribution in [2.24, 2.45) is 5.73 Å². The quantitative estimate of drug-likeness (QED) is 0.889. The van der Waals surface area contributed by atoms with Gasteiger partial charge in [-0.3, -0.25) is 9.69 Å². The van der Waals surface area contributed by atoms with E-state index in [1.165, 1.54) is 4.88 Å². The molecule has 4 nitrogen and oxygen atoms in total. The van der Waals surface area contributed by atoms with Gasteiger partial charge in [-0.1, -0.05) is 6.07 Å². The van der Waals surface area contributed by atoms with Crippen LogP contribution in [-0.4, -0.2) is 47.9 Å². The van der Waals surface area contributed by atoms with E-state index in [9.17, 15) is 4.79 Å². The second-order valence-corrected chi connectivity index (χ2v) is 6.19. The molecule has 0 radical (unpaired) electrons. The van der Waals surface area contributed by atoms with Crippen molar-refractivity contribution >= 4 is 17.2 Å². The van der Waals surface area contributed by atoms with Gasteiger partial charge in [-0.2, -0.15) is 0 Å². The normalized spacial score (nSPS) is 25.4. The number of nitrogens with two attached hydrogens (primary N) is 1. The highest BCUT2D eigenvalue weighted by Crippen LogP contribution is 2.34. The number of amides is 1. The van der Waals surface area contributed by atoms with Gasteiger partial charge in [0, 0.05) is 30.6 Å². The average molecular weight is 265 g/mol. The monoisotopic (exact) mass is 265 g/mol. The molecule has 0 aliphatic carbocycles. The molecule has 2 aliphatic heterocycles. The van der Waals surface area contributed by atoms with Crippen molar-refractivity contribution in [1.29, 1.82) is 0 Å². The number of carbonyl (C=O) groups excluding carboxylic acids is 1. The molecule has 0 bridgehead atoms. The van der Waals surface area contributed by atoms with Crippen molar-refractivity contribution in [1.82, 2.24) is 9.80 Å². The van der Waals surface area contributed by atoms with E-state index < -0.39 is 0 Å². The van der Waals surface area contributed by atoms with Crippen LogP contribution in [0.3, 0.4) is 0 Å². The minimum Gasteiger partial charge on any atom is -0.334 e. The van der Waals surface area contributed by atoms with E-state index in [1.807, 2.05) is 0 Å². The van der Waals surface area contributed by atoms with Crippen LogP contribution in [-0.2, 0) is 4.79 Å². The molecule has 1 aromatic rings. The lowest BCUT2D eigenvalue weighted by molar-refractivity contribution is -0.134. The Morgan fingerprint density at radius 1 is 1.50 bits per heavy atom. The van der Waals surface area contributed by atoms with E-state index in [2.05, 4.69) is 27.3 Å². The van der Waals surface area contributed by atoms with Gasteiger partial charge in [-0.25, -0.2) is 0 Å². The predicted molar refractivity (Wildman–Crippen MR) is 72.4 cm³/mol. The molecule has 1 atom stereocenters. The Morgan fingerprint density at radius 2 is 2.33 bits per heavy atom. The fraction of sp³-hybridized carbons (Fsp3) is 0.615. The van der Waals surface area contributed by atoms with Gasteiger partial charge in [0.15, 0.2) is 0 Å². The van der Waals surface area contributed by atoms with Crippen molar-refractivity contribution < 1.29 is 4.79 Å². The number of hydrogen-bond donors (Lipinski definition) is 1. The smallest absolute Gasteiger partial charge is 0.237 e. The van der Waals surface area contributed by atoms with Crippen molar-refractivity contribution in [2.45, 2.75) is 24.9 Å². The van der Waals surface area contributed by atoms with Crippen LogP contribution in [0.25, 0.3) is 0 Å². The van der Waals surface area contributed by atoms with Crippen LogP contribution in [0.1, 0.15) is 23.8 Å². The number of thiophene rings is 1. The molecule has 1 unspecified atom stereocenters. The molecule has 1 aromatic heterocycles. The molecule has 2 N–H and O–H groups in total. The fourth-order valence-corrected chi connectivity index (χ4v) is 3.74. The molecule has 0 aromatic carbocycles. The van der Waals surface area contributed by atoms with Gasteiger partial charge < -0.3 is 10.6 Å². The van der Waals surface area contributed by atoms with Crippen molar-refractivity contribution in [3.8, 4) is 0 Å². The highest BCUT2D eigenvalue weighted by molar-refractivity contribution is 7.10. The Bertz CT molecular complexity index is 414. The molecular formula is C13H19N3OS. The molecule has 2 saturated heterocycles. The third-order valence-corrected chi connectivity index (χ3v) is 4.76. The van der Waals surface area contributed by atoms with Gasteiger partial charge in [0.1, 0.15) is 0 Å². The van der Waals surface area contributed by atoms with Gasteiger partial charge in [0.25, 0.3) is 0 Å². The summed E-state index contributed by atoms with van der Waals surface area (Å²) < 4.78 is 0. The Labute approximate surface area is 111 Å². The summed E-state index contributed by atoms with van der Waals surface area (Å²) >= 11 is 1.75.